The largest absolute Gasteiger partial charge is 0.354 e. The molecule has 2 heterocycles. The lowest BCUT2D eigenvalue weighted by atomic mass is 10.1. The van der Waals surface area contributed by atoms with Crippen LogP contribution in [0.15, 0.2) is 65.7 Å². The number of amides is 1. The summed E-state index contributed by atoms with van der Waals surface area (Å²) in [7, 11) is -3.29. The molecule has 0 fully saturated rings. The number of carbonyl (C=O) groups excluding carboxylic acids is 1. The summed E-state index contributed by atoms with van der Waals surface area (Å²) in [6, 6.07) is 16.2. The molecule has 0 radical (unpaired) electrons. The minimum absolute atomic E-state index is 0.0193. The van der Waals surface area contributed by atoms with Gasteiger partial charge in [0.25, 0.3) is 0 Å². The molecule has 8 heteroatoms. The molecule has 1 amide bonds. The van der Waals surface area contributed by atoms with Crippen LogP contribution in [0.3, 0.4) is 0 Å². The van der Waals surface area contributed by atoms with Gasteiger partial charge in [-0.15, -0.1) is 0 Å². The number of para-hydroxylation sites is 1. The van der Waals surface area contributed by atoms with Crippen LogP contribution >= 0.6 is 0 Å². The lowest BCUT2D eigenvalue weighted by molar-refractivity contribution is -0.116. The van der Waals surface area contributed by atoms with E-state index in [9.17, 15) is 13.2 Å². The zero-order chi connectivity index (χ0) is 21.3. The highest BCUT2D eigenvalue weighted by Crippen LogP contribution is 2.37. The maximum absolute atomic E-state index is 12.0. The summed E-state index contributed by atoms with van der Waals surface area (Å²) in [4.78, 5) is 18.4. The second-order valence-electron chi connectivity index (χ2n) is 7.21. The topological polar surface area (TPSA) is 91.4 Å². The Hall–Kier alpha value is -3.39. The second kappa shape index (κ2) is 7.79. The third-order valence-corrected chi connectivity index (χ3v) is 6.06. The van der Waals surface area contributed by atoms with Gasteiger partial charge in [0, 0.05) is 43.4 Å². The Labute approximate surface area is 175 Å². The van der Waals surface area contributed by atoms with E-state index in [1.165, 1.54) is 6.26 Å². The Morgan fingerprint density at radius 2 is 1.80 bits per heavy atom. The zero-order valence-corrected chi connectivity index (χ0v) is 17.5. The van der Waals surface area contributed by atoms with Crippen LogP contribution in [-0.2, 0) is 21.1 Å². The van der Waals surface area contributed by atoms with Crippen molar-refractivity contribution < 1.29 is 13.2 Å². The van der Waals surface area contributed by atoms with E-state index in [4.69, 9.17) is 0 Å². The normalized spacial score (nSPS) is 13.1. The minimum atomic E-state index is -3.29. The molecule has 2 N–H and O–H groups in total. The van der Waals surface area contributed by atoms with Crippen molar-refractivity contribution in [3.8, 4) is 0 Å². The maximum Gasteiger partial charge on any atom is 0.223 e. The van der Waals surface area contributed by atoms with E-state index in [-0.39, 0.29) is 10.8 Å². The number of pyridine rings is 1. The molecule has 0 bridgehead atoms. The fraction of sp³-hybridized carbons (Fsp3) is 0.182. The van der Waals surface area contributed by atoms with Gasteiger partial charge < -0.3 is 15.5 Å². The molecule has 30 heavy (non-hydrogen) atoms. The van der Waals surface area contributed by atoms with Gasteiger partial charge in [-0.25, -0.2) is 13.4 Å². The summed E-state index contributed by atoms with van der Waals surface area (Å²) in [5.41, 5.74) is 4.34. The fourth-order valence-electron chi connectivity index (χ4n) is 3.56. The number of aromatic nitrogens is 1. The molecule has 0 aliphatic carbocycles. The van der Waals surface area contributed by atoms with Crippen LogP contribution in [0.25, 0.3) is 0 Å². The van der Waals surface area contributed by atoms with Crippen LogP contribution in [0.5, 0.6) is 0 Å². The molecule has 0 atom stereocenters. The summed E-state index contributed by atoms with van der Waals surface area (Å²) in [6.45, 7) is 2.26. The number of hydrogen-bond acceptors (Lipinski definition) is 6. The van der Waals surface area contributed by atoms with Crippen LogP contribution in [0.2, 0.25) is 0 Å². The smallest absolute Gasteiger partial charge is 0.223 e. The quantitative estimate of drug-likeness (QED) is 0.648. The number of fused-ring (bicyclic) bond motifs is 1. The first-order valence-corrected chi connectivity index (χ1v) is 11.4. The van der Waals surface area contributed by atoms with E-state index in [2.05, 4.69) is 15.6 Å². The first-order chi connectivity index (χ1) is 14.3. The Bertz CT molecular complexity index is 1220. The van der Waals surface area contributed by atoms with Gasteiger partial charge in [0.05, 0.1) is 16.3 Å². The Kier molecular flexibility index (Phi) is 5.17. The monoisotopic (exact) mass is 422 g/mol. The van der Waals surface area contributed by atoms with Crippen LogP contribution in [-0.4, -0.2) is 32.1 Å². The van der Waals surface area contributed by atoms with Gasteiger partial charge in [-0.1, -0.05) is 18.2 Å². The number of nitrogens with zero attached hydrogens (tertiary/aromatic N) is 2. The highest BCUT2D eigenvalue weighted by molar-refractivity contribution is 7.90. The van der Waals surface area contributed by atoms with E-state index in [1.54, 1.807) is 42.3 Å². The fourth-order valence-corrected chi connectivity index (χ4v) is 4.22. The molecule has 0 saturated carbocycles. The van der Waals surface area contributed by atoms with Gasteiger partial charge in [-0.3, -0.25) is 4.79 Å². The van der Waals surface area contributed by atoms with E-state index in [0.29, 0.717) is 18.1 Å². The van der Waals surface area contributed by atoms with Gasteiger partial charge in [-0.2, -0.15) is 0 Å². The minimum Gasteiger partial charge on any atom is -0.354 e. The molecular formula is C22H22N4O3S. The number of sulfone groups is 1. The van der Waals surface area contributed by atoms with Gasteiger partial charge in [0.2, 0.25) is 5.91 Å². The summed E-state index contributed by atoms with van der Waals surface area (Å²) >= 11 is 0. The summed E-state index contributed by atoms with van der Waals surface area (Å²) in [5, 5.41) is 6.52. The van der Waals surface area contributed by atoms with Gasteiger partial charge in [-0.05, 0) is 42.3 Å². The van der Waals surface area contributed by atoms with Crippen molar-refractivity contribution in [3.05, 3.63) is 66.4 Å². The molecule has 3 aromatic rings. The zero-order valence-electron chi connectivity index (χ0n) is 16.7. The number of carbonyl (C=O) groups is 1. The predicted molar refractivity (Wildman–Crippen MR) is 119 cm³/mol. The molecular weight excluding hydrogens is 400 g/mol. The van der Waals surface area contributed by atoms with Crippen molar-refractivity contribution >= 4 is 44.3 Å². The number of nitrogens with one attached hydrogen (secondary N) is 2. The SMILES string of the molecule is CC(=O)N1CCc2cccc(Nc3ccnc(Nc4cccc(S(C)(=O)=O)c4)c3)c21. The standard InChI is InChI=1S/C22H22N4O3S/c1-15(27)26-12-10-16-5-3-8-20(22(16)26)24-18-9-11-23-21(14-18)25-17-6-4-7-19(13-17)30(2,28)29/h3-9,11,13-14H,10,12H2,1-2H3,(H2,23,24,25). The molecule has 1 aliphatic rings. The number of anilines is 5. The lowest BCUT2D eigenvalue weighted by Crippen LogP contribution is -2.26. The third kappa shape index (κ3) is 4.13. The number of hydrogen-bond donors (Lipinski definition) is 2. The van der Waals surface area contributed by atoms with E-state index < -0.39 is 9.84 Å². The van der Waals surface area contributed by atoms with Crippen molar-refractivity contribution in [3.63, 3.8) is 0 Å². The van der Waals surface area contributed by atoms with Crippen molar-refractivity contribution in [1.82, 2.24) is 4.98 Å². The molecule has 1 aliphatic heterocycles. The molecule has 0 spiro atoms. The van der Waals surface area contributed by atoms with Crippen molar-refractivity contribution in [2.75, 3.05) is 28.3 Å². The molecule has 154 valence electrons. The maximum atomic E-state index is 12.0. The molecule has 0 saturated heterocycles. The average molecular weight is 423 g/mol. The highest BCUT2D eigenvalue weighted by Gasteiger charge is 2.25. The molecule has 0 unspecified atom stereocenters. The number of benzene rings is 2. The molecule has 4 rings (SSSR count). The predicted octanol–water partition coefficient (Wildman–Crippen LogP) is 3.88. The first kappa shape index (κ1) is 19.9. The Morgan fingerprint density at radius 3 is 2.57 bits per heavy atom. The average Bonchev–Trinajstić information content (AvgIpc) is 3.13. The first-order valence-electron chi connectivity index (χ1n) is 9.51. The van der Waals surface area contributed by atoms with Gasteiger partial charge in [0.15, 0.2) is 9.84 Å². The van der Waals surface area contributed by atoms with Crippen LogP contribution < -0.4 is 15.5 Å². The van der Waals surface area contributed by atoms with Crippen molar-refractivity contribution in [2.24, 2.45) is 0 Å². The molecule has 1 aromatic heterocycles. The van der Waals surface area contributed by atoms with Gasteiger partial charge in [0.1, 0.15) is 5.82 Å². The van der Waals surface area contributed by atoms with Crippen LogP contribution in [0.4, 0.5) is 28.6 Å². The van der Waals surface area contributed by atoms with Crippen molar-refractivity contribution in [2.45, 2.75) is 18.2 Å². The third-order valence-electron chi connectivity index (χ3n) is 4.95. The number of rotatable bonds is 5. The van der Waals surface area contributed by atoms with Crippen LogP contribution in [0, 0.1) is 0 Å². The Balaban J connectivity index is 1.59. The highest BCUT2D eigenvalue weighted by atomic mass is 32.2. The van der Waals surface area contributed by atoms with Crippen LogP contribution in [0.1, 0.15) is 12.5 Å². The van der Waals surface area contributed by atoms with E-state index in [0.717, 1.165) is 29.0 Å². The summed E-state index contributed by atoms with van der Waals surface area (Å²) in [6.07, 6.45) is 3.68. The van der Waals surface area contributed by atoms with Gasteiger partial charge >= 0.3 is 0 Å². The lowest BCUT2D eigenvalue weighted by Gasteiger charge is -2.19. The van der Waals surface area contributed by atoms with Crippen molar-refractivity contribution in [1.29, 1.82) is 0 Å². The molecule has 2 aromatic carbocycles. The summed E-state index contributed by atoms with van der Waals surface area (Å²) in [5.74, 6) is 0.590. The van der Waals surface area contributed by atoms with E-state index in [1.807, 2.05) is 30.3 Å². The Morgan fingerprint density at radius 1 is 1.03 bits per heavy atom. The summed E-state index contributed by atoms with van der Waals surface area (Å²) < 4.78 is 23.6. The van der Waals surface area contributed by atoms with E-state index >= 15 is 0 Å². The second-order valence-corrected chi connectivity index (χ2v) is 9.23. The molecule has 7 nitrogen and oxygen atoms in total.